The number of hydrogen-bond donors (Lipinski definition) is 1. The molecule has 3 nitrogen and oxygen atoms in total. The Bertz CT molecular complexity index is 565. The van der Waals surface area contributed by atoms with E-state index in [1.165, 1.54) is 11.3 Å². The Balaban J connectivity index is 2.25. The van der Waals surface area contributed by atoms with Gasteiger partial charge in [-0.1, -0.05) is 33.3 Å². The van der Waals surface area contributed by atoms with Crippen LogP contribution >= 0.6 is 27.3 Å². The summed E-state index contributed by atoms with van der Waals surface area (Å²) >= 11 is 4.79. The number of benzene rings is 1. The summed E-state index contributed by atoms with van der Waals surface area (Å²) < 4.78 is 1.00. The minimum absolute atomic E-state index is 0.0577. The summed E-state index contributed by atoms with van der Waals surface area (Å²) in [5.41, 5.74) is 1.73. The second kappa shape index (κ2) is 4.98. The molecule has 0 saturated heterocycles. The molecule has 0 spiro atoms. The van der Waals surface area contributed by atoms with Crippen LogP contribution in [-0.2, 0) is 0 Å². The quantitative estimate of drug-likeness (QED) is 0.865. The fraction of sp³-hybridized carbons (Fsp3) is 0.167. The molecule has 17 heavy (non-hydrogen) atoms. The highest BCUT2D eigenvalue weighted by molar-refractivity contribution is 9.10. The van der Waals surface area contributed by atoms with E-state index in [1.807, 2.05) is 31.2 Å². The molecule has 0 aliphatic carbocycles. The fourth-order valence-electron chi connectivity index (χ4n) is 1.47. The Hall–Kier alpha value is -1.20. The number of Topliss-reactive ketones (excluding diaryl/α,β-unsaturated/α-hetero) is 1. The third kappa shape index (κ3) is 2.92. The summed E-state index contributed by atoms with van der Waals surface area (Å²) in [4.78, 5) is 16.4. The number of anilines is 2. The number of aromatic nitrogens is 1. The molecule has 88 valence electrons. The summed E-state index contributed by atoms with van der Waals surface area (Å²) in [6, 6.07) is 7.82. The number of nitrogens with one attached hydrogen (secondary N) is 1. The first-order valence-corrected chi connectivity index (χ1v) is 6.68. The summed E-state index contributed by atoms with van der Waals surface area (Å²) in [7, 11) is 0. The van der Waals surface area contributed by atoms with Gasteiger partial charge >= 0.3 is 0 Å². The smallest absolute Gasteiger partial charge is 0.188 e. The molecule has 1 N–H and O–H groups in total. The molecule has 2 rings (SSSR count). The molecule has 0 radical (unpaired) electrons. The maximum absolute atomic E-state index is 11.3. The molecule has 0 aliphatic rings. The molecule has 0 atom stereocenters. The number of carbonyl (C=O) groups is 1. The molecule has 1 aromatic heterocycles. The van der Waals surface area contributed by atoms with Crippen LogP contribution in [0.4, 0.5) is 10.8 Å². The molecule has 1 heterocycles. The standard InChI is InChI=1S/C12H11BrN2OS/c1-7-11(8(2)16)17-12(14-7)15-10-5-3-4-9(13)6-10/h3-6H,1-2H3,(H,14,15). The van der Waals surface area contributed by atoms with E-state index in [0.717, 1.165) is 21.0 Å². The lowest BCUT2D eigenvalue weighted by Gasteiger charge is -2.01. The van der Waals surface area contributed by atoms with Crippen molar-refractivity contribution < 1.29 is 4.79 Å². The van der Waals surface area contributed by atoms with Crippen molar-refractivity contribution in [1.82, 2.24) is 4.98 Å². The van der Waals surface area contributed by atoms with Gasteiger partial charge in [0.1, 0.15) is 0 Å². The molecule has 0 unspecified atom stereocenters. The van der Waals surface area contributed by atoms with E-state index < -0.39 is 0 Å². The van der Waals surface area contributed by atoms with E-state index in [-0.39, 0.29) is 5.78 Å². The molecule has 0 saturated carbocycles. The van der Waals surface area contributed by atoms with Crippen molar-refractivity contribution >= 4 is 43.9 Å². The molecular formula is C12H11BrN2OS. The lowest BCUT2D eigenvalue weighted by atomic mass is 10.3. The van der Waals surface area contributed by atoms with Crippen LogP contribution in [0, 0.1) is 6.92 Å². The second-order valence-corrected chi connectivity index (χ2v) is 5.54. The monoisotopic (exact) mass is 310 g/mol. The second-order valence-electron chi connectivity index (χ2n) is 3.63. The van der Waals surface area contributed by atoms with Gasteiger partial charge in [-0.05, 0) is 25.1 Å². The van der Waals surface area contributed by atoms with Crippen molar-refractivity contribution in [3.8, 4) is 0 Å². The number of nitrogens with zero attached hydrogens (tertiary/aromatic N) is 1. The van der Waals surface area contributed by atoms with Crippen molar-refractivity contribution in [2.24, 2.45) is 0 Å². The summed E-state index contributed by atoms with van der Waals surface area (Å²) in [5.74, 6) is 0.0577. The highest BCUT2D eigenvalue weighted by Gasteiger charge is 2.11. The third-order valence-electron chi connectivity index (χ3n) is 2.19. The number of thiazole rings is 1. The van der Waals surface area contributed by atoms with Gasteiger partial charge in [-0.2, -0.15) is 0 Å². The molecule has 0 aliphatic heterocycles. The maximum atomic E-state index is 11.3. The maximum Gasteiger partial charge on any atom is 0.188 e. The van der Waals surface area contributed by atoms with Crippen molar-refractivity contribution in [2.45, 2.75) is 13.8 Å². The first-order valence-electron chi connectivity index (χ1n) is 5.07. The Morgan fingerprint density at radius 1 is 1.47 bits per heavy atom. The Kier molecular flexibility index (Phi) is 3.59. The average molecular weight is 311 g/mol. The zero-order valence-electron chi connectivity index (χ0n) is 9.45. The van der Waals surface area contributed by atoms with Gasteiger partial charge in [0.05, 0.1) is 10.6 Å². The number of carbonyl (C=O) groups excluding carboxylic acids is 1. The minimum atomic E-state index is 0.0577. The lowest BCUT2D eigenvalue weighted by Crippen LogP contribution is -1.90. The Labute approximate surface area is 112 Å². The normalized spacial score (nSPS) is 10.3. The first-order chi connectivity index (χ1) is 8.06. The highest BCUT2D eigenvalue weighted by atomic mass is 79.9. The molecular weight excluding hydrogens is 300 g/mol. The summed E-state index contributed by atoms with van der Waals surface area (Å²) in [5, 5.41) is 3.93. The van der Waals surface area contributed by atoms with Gasteiger partial charge in [0.25, 0.3) is 0 Å². The number of aryl methyl sites for hydroxylation is 1. The van der Waals surface area contributed by atoms with Crippen molar-refractivity contribution in [1.29, 1.82) is 0 Å². The fourth-order valence-corrected chi connectivity index (χ4v) is 2.75. The Morgan fingerprint density at radius 2 is 2.24 bits per heavy atom. The van der Waals surface area contributed by atoms with Gasteiger partial charge in [-0.25, -0.2) is 4.98 Å². The molecule has 2 aromatic rings. The van der Waals surface area contributed by atoms with Crippen molar-refractivity contribution in [3.63, 3.8) is 0 Å². The molecule has 1 aromatic carbocycles. The Morgan fingerprint density at radius 3 is 2.82 bits per heavy atom. The average Bonchev–Trinajstić information content (AvgIpc) is 2.59. The minimum Gasteiger partial charge on any atom is -0.331 e. The number of hydrogen-bond acceptors (Lipinski definition) is 4. The van der Waals surface area contributed by atoms with Crippen LogP contribution in [0.5, 0.6) is 0 Å². The van der Waals surface area contributed by atoms with E-state index in [4.69, 9.17) is 0 Å². The number of ketones is 1. The SMILES string of the molecule is CC(=O)c1sc(Nc2cccc(Br)c2)nc1C. The number of rotatable bonds is 3. The lowest BCUT2D eigenvalue weighted by molar-refractivity contribution is 0.102. The van der Waals surface area contributed by atoms with Crippen molar-refractivity contribution in [3.05, 3.63) is 39.3 Å². The van der Waals surface area contributed by atoms with Crippen LogP contribution in [-0.4, -0.2) is 10.8 Å². The predicted octanol–water partition coefficient (Wildman–Crippen LogP) is 4.16. The first kappa shape index (κ1) is 12.3. The summed E-state index contributed by atoms with van der Waals surface area (Å²) in [6.45, 7) is 3.41. The van der Waals surface area contributed by atoms with E-state index >= 15 is 0 Å². The molecule has 0 bridgehead atoms. The largest absolute Gasteiger partial charge is 0.331 e. The van der Waals surface area contributed by atoms with Crippen LogP contribution < -0.4 is 5.32 Å². The van der Waals surface area contributed by atoms with Gasteiger partial charge in [0.2, 0.25) is 0 Å². The van der Waals surface area contributed by atoms with Crippen LogP contribution in [0.3, 0.4) is 0 Å². The van der Waals surface area contributed by atoms with Crippen LogP contribution in [0.1, 0.15) is 22.3 Å². The van der Waals surface area contributed by atoms with Gasteiger partial charge < -0.3 is 5.32 Å². The van der Waals surface area contributed by atoms with Gasteiger partial charge in [0.15, 0.2) is 10.9 Å². The van der Waals surface area contributed by atoms with E-state index in [9.17, 15) is 4.79 Å². The van der Waals surface area contributed by atoms with E-state index in [1.54, 1.807) is 6.92 Å². The topological polar surface area (TPSA) is 42.0 Å². The zero-order chi connectivity index (χ0) is 12.4. The van der Waals surface area contributed by atoms with Crippen LogP contribution in [0.25, 0.3) is 0 Å². The van der Waals surface area contributed by atoms with Gasteiger partial charge in [-0.3, -0.25) is 4.79 Å². The summed E-state index contributed by atoms with van der Waals surface area (Å²) in [6.07, 6.45) is 0. The number of halogens is 1. The van der Waals surface area contributed by atoms with Crippen LogP contribution in [0.2, 0.25) is 0 Å². The molecule has 0 fully saturated rings. The predicted molar refractivity (Wildman–Crippen MR) is 74.3 cm³/mol. The third-order valence-corrected chi connectivity index (χ3v) is 3.86. The van der Waals surface area contributed by atoms with Crippen LogP contribution in [0.15, 0.2) is 28.7 Å². The van der Waals surface area contributed by atoms with E-state index in [2.05, 4.69) is 26.2 Å². The van der Waals surface area contributed by atoms with E-state index in [0.29, 0.717) is 4.88 Å². The van der Waals surface area contributed by atoms with Gasteiger partial charge in [-0.15, -0.1) is 0 Å². The zero-order valence-corrected chi connectivity index (χ0v) is 11.9. The van der Waals surface area contributed by atoms with Crippen molar-refractivity contribution in [2.75, 3.05) is 5.32 Å². The van der Waals surface area contributed by atoms with Gasteiger partial charge in [0, 0.05) is 17.1 Å². The molecule has 5 heteroatoms. The highest BCUT2D eigenvalue weighted by Crippen LogP contribution is 2.27. The molecule has 0 amide bonds.